The van der Waals surface area contributed by atoms with Crippen LogP contribution in [0.1, 0.15) is 34.6 Å². The van der Waals surface area contributed by atoms with E-state index in [0.717, 1.165) is 0 Å². The highest BCUT2D eigenvalue weighted by Gasteiger charge is 2.17. The van der Waals surface area contributed by atoms with Crippen molar-refractivity contribution < 1.29 is 16.9 Å². The molecule has 0 aromatic rings. The topological polar surface area (TPSA) is 0 Å². The Morgan fingerprint density at radius 2 is 1.38 bits per heavy atom. The summed E-state index contributed by atoms with van der Waals surface area (Å²) in [4.78, 5) is 0. The molecule has 0 aromatic heterocycles. The van der Waals surface area contributed by atoms with Crippen LogP contribution in [0.2, 0.25) is 0 Å². The van der Waals surface area contributed by atoms with Gasteiger partial charge in [-0.1, -0.05) is 5.57 Å². The molecule has 0 aliphatic carbocycles. The quantitative estimate of drug-likeness (QED) is 0.432. The molecule has 13 heavy (non-hydrogen) atoms. The van der Waals surface area contributed by atoms with Crippen molar-refractivity contribution in [2.75, 3.05) is 26.2 Å². The summed E-state index contributed by atoms with van der Waals surface area (Å²) in [6.45, 7) is 16.1. The number of quaternary nitrogens is 1. The number of hydrogen-bond acceptors (Lipinski definition) is 0. The Bertz CT molecular complexity index is 136. The van der Waals surface area contributed by atoms with E-state index in [2.05, 4.69) is 40.7 Å². The zero-order chi connectivity index (χ0) is 9.61. The maximum atomic E-state index is 2.36. The lowest BCUT2D eigenvalue weighted by molar-refractivity contribution is -0.917. The van der Waals surface area contributed by atoms with Crippen LogP contribution in [0.5, 0.6) is 0 Å². The Balaban J connectivity index is 0. The van der Waals surface area contributed by atoms with E-state index in [1.54, 1.807) is 0 Å². The van der Waals surface area contributed by atoms with Crippen molar-refractivity contribution >= 4 is 0 Å². The van der Waals surface area contributed by atoms with Gasteiger partial charge in [0.15, 0.2) is 0 Å². The lowest BCUT2D eigenvalue weighted by Gasteiger charge is -2.34. The summed E-state index contributed by atoms with van der Waals surface area (Å²) < 4.78 is 1.23. The summed E-state index contributed by atoms with van der Waals surface area (Å²) in [5.41, 5.74) is 1.44. The number of halogens is 1. The molecule has 0 amide bonds. The summed E-state index contributed by atoms with van der Waals surface area (Å²) in [7, 11) is 0. The van der Waals surface area contributed by atoms with Crippen molar-refractivity contribution in [3.63, 3.8) is 0 Å². The number of hydrogen-bond donors (Lipinski definition) is 0. The van der Waals surface area contributed by atoms with Crippen molar-refractivity contribution in [1.29, 1.82) is 0 Å². The molecule has 80 valence electrons. The van der Waals surface area contributed by atoms with Gasteiger partial charge < -0.3 is 16.9 Å². The molecule has 0 aliphatic rings. The highest BCUT2D eigenvalue weighted by atomic mass is 35.5. The highest BCUT2D eigenvalue weighted by molar-refractivity contribution is 4.92. The Morgan fingerprint density at radius 3 is 1.62 bits per heavy atom. The molecule has 0 atom stereocenters. The summed E-state index contributed by atoms with van der Waals surface area (Å²) in [6, 6.07) is 0. The van der Waals surface area contributed by atoms with Gasteiger partial charge in [-0.25, -0.2) is 0 Å². The second-order valence-electron chi connectivity index (χ2n) is 3.75. The molecule has 0 radical (unpaired) electrons. The Hall–Kier alpha value is -0.0100. The van der Waals surface area contributed by atoms with Crippen LogP contribution in [0.15, 0.2) is 11.6 Å². The first-order valence-electron chi connectivity index (χ1n) is 5.08. The van der Waals surface area contributed by atoms with E-state index in [-0.39, 0.29) is 12.4 Å². The normalized spacial score (nSPS) is 10.5. The van der Waals surface area contributed by atoms with Gasteiger partial charge in [0, 0.05) is 0 Å². The van der Waals surface area contributed by atoms with Gasteiger partial charge >= 0.3 is 0 Å². The number of rotatable bonds is 5. The number of allylic oxidation sites excluding steroid dienone is 1. The van der Waals surface area contributed by atoms with E-state index in [0.29, 0.717) is 0 Å². The van der Waals surface area contributed by atoms with Gasteiger partial charge in [-0.3, -0.25) is 0 Å². The predicted molar refractivity (Wildman–Crippen MR) is 56.2 cm³/mol. The fourth-order valence-corrected chi connectivity index (χ4v) is 1.43. The average Bonchev–Trinajstić information content (AvgIpc) is 2.08. The monoisotopic (exact) mass is 205 g/mol. The third-order valence-corrected chi connectivity index (χ3v) is 2.90. The predicted octanol–water partition coefficient (Wildman–Crippen LogP) is -0.167. The van der Waals surface area contributed by atoms with Crippen LogP contribution >= 0.6 is 0 Å². The van der Waals surface area contributed by atoms with Crippen LogP contribution in [-0.2, 0) is 0 Å². The SMILES string of the molecule is CC[N+](CC)(CC)CC=C(C)C.[Cl-]. The van der Waals surface area contributed by atoms with E-state index in [4.69, 9.17) is 0 Å². The minimum Gasteiger partial charge on any atom is -1.00 e. The molecule has 0 bridgehead atoms. The lowest BCUT2D eigenvalue weighted by atomic mass is 10.2. The minimum atomic E-state index is 0. The van der Waals surface area contributed by atoms with Crippen LogP contribution < -0.4 is 12.4 Å². The zero-order valence-electron chi connectivity index (χ0n) is 9.73. The first-order chi connectivity index (χ1) is 5.60. The number of likely N-dealkylation sites (N-methyl/N-ethyl adjacent to an activating group) is 1. The molecular formula is C11H24ClN. The summed E-state index contributed by atoms with van der Waals surface area (Å²) >= 11 is 0. The third kappa shape index (κ3) is 5.33. The van der Waals surface area contributed by atoms with Crippen LogP contribution in [0.3, 0.4) is 0 Å². The fraction of sp³-hybridized carbons (Fsp3) is 0.818. The van der Waals surface area contributed by atoms with E-state index in [1.165, 1.54) is 36.2 Å². The van der Waals surface area contributed by atoms with Gasteiger partial charge in [-0.05, 0) is 40.7 Å². The number of nitrogens with zero attached hydrogens (tertiary/aromatic N) is 1. The van der Waals surface area contributed by atoms with Crippen molar-refractivity contribution in [3.8, 4) is 0 Å². The van der Waals surface area contributed by atoms with Crippen LogP contribution in [0.25, 0.3) is 0 Å². The molecule has 0 unspecified atom stereocenters. The maximum Gasteiger partial charge on any atom is 0.0975 e. The first-order valence-corrected chi connectivity index (χ1v) is 5.08. The van der Waals surface area contributed by atoms with Gasteiger partial charge in [-0.15, -0.1) is 0 Å². The van der Waals surface area contributed by atoms with Gasteiger partial charge in [0.25, 0.3) is 0 Å². The molecular weight excluding hydrogens is 182 g/mol. The lowest BCUT2D eigenvalue weighted by Crippen LogP contribution is -3.00. The molecule has 0 fully saturated rings. The maximum absolute atomic E-state index is 2.36. The minimum absolute atomic E-state index is 0. The molecule has 0 rings (SSSR count). The van der Waals surface area contributed by atoms with Crippen LogP contribution in [0, 0.1) is 0 Å². The first kappa shape index (κ1) is 15.5. The second kappa shape index (κ2) is 7.40. The van der Waals surface area contributed by atoms with E-state index in [1.807, 2.05) is 0 Å². The molecule has 1 nitrogen and oxygen atoms in total. The van der Waals surface area contributed by atoms with Crippen LogP contribution in [0.4, 0.5) is 0 Å². The van der Waals surface area contributed by atoms with Crippen molar-refractivity contribution in [2.24, 2.45) is 0 Å². The molecule has 0 N–H and O–H groups in total. The zero-order valence-corrected chi connectivity index (χ0v) is 10.5. The van der Waals surface area contributed by atoms with Gasteiger partial charge in [0.1, 0.15) is 0 Å². The average molecular weight is 206 g/mol. The summed E-state index contributed by atoms with van der Waals surface area (Å²) in [6.07, 6.45) is 2.36. The summed E-state index contributed by atoms with van der Waals surface area (Å²) in [5.74, 6) is 0. The van der Waals surface area contributed by atoms with Gasteiger partial charge in [-0.2, -0.15) is 0 Å². The largest absolute Gasteiger partial charge is 1.00 e. The molecule has 0 saturated heterocycles. The van der Waals surface area contributed by atoms with Crippen molar-refractivity contribution in [3.05, 3.63) is 11.6 Å². The smallest absolute Gasteiger partial charge is 0.0975 e. The van der Waals surface area contributed by atoms with Crippen LogP contribution in [-0.4, -0.2) is 30.7 Å². The summed E-state index contributed by atoms with van der Waals surface area (Å²) in [5, 5.41) is 0. The van der Waals surface area contributed by atoms with Crippen molar-refractivity contribution in [2.45, 2.75) is 34.6 Å². The molecule has 0 heterocycles. The molecule has 0 spiro atoms. The molecule has 0 saturated carbocycles. The Labute approximate surface area is 89.8 Å². The standard InChI is InChI=1S/C11H24N.ClH/c1-6-12(7-2,8-3)10-9-11(4)5;/h9H,6-8,10H2,1-5H3;1H/q+1;/p-1. The van der Waals surface area contributed by atoms with Crippen molar-refractivity contribution in [1.82, 2.24) is 0 Å². The van der Waals surface area contributed by atoms with Gasteiger partial charge in [0.05, 0.1) is 26.2 Å². The third-order valence-electron chi connectivity index (χ3n) is 2.90. The molecule has 2 heteroatoms. The van der Waals surface area contributed by atoms with Gasteiger partial charge in [0.2, 0.25) is 0 Å². The Morgan fingerprint density at radius 1 is 1.00 bits per heavy atom. The van der Waals surface area contributed by atoms with E-state index >= 15 is 0 Å². The highest BCUT2D eigenvalue weighted by Crippen LogP contribution is 2.06. The molecule has 0 aliphatic heterocycles. The fourth-order valence-electron chi connectivity index (χ4n) is 1.43. The molecule has 0 aromatic carbocycles. The van der Waals surface area contributed by atoms with E-state index in [9.17, 15) is 0 Å². The Kier molecular flexibility index (Phi) is 8.80. The second-order valence-corrected chi connectivity index (χ2v) is 3.75. The van der Waals surface area contributed by atoms with E-state index < -0.39 is 0 Å².